The zero-order valence-corrected chi connectivity index (χ0v) is 19.5. The van der Waals surface area contributed by atoms with Crippen LogP contribution in [0.1, 0.15) is 43.5 Å². The maximum absolute atomic E-state index is 13.9. The van der Waals surface area contributed by atoms with Crippen molar-refractivity contribution in [3.63, 3.8) is 0 Å². The van der Waals surface area contributed by atoms with Gasteiger partial charge in [0.15, 0.2) is 0 Å². The van der Waals surface area contributed by atoms with Crippen LogP contribution in [-0.4, -0.2) is 31.9 Å². The van der Waals surface area contributed by atoms with E-state index in [1.165, 1.54) is 43.5 Å². The summed E-state index contributed by atoms with van der Waals surface area (Å²) in [5.41, 5.74) is -2.69. The fraction of sp³-hybridized carbons (Fsp3) is 0.286. The highest BCUT2D eigenvalue weighted by Gasteiger charge is 2.58. The first-order valence-electron chi connectivity index (χ1n) is 11.1. The third kappa shape index (κ3) is 4.65. The number of carboxylic acids is 1. The lowest BCUT2D eigenvalue weighted by molar-refractivity contribution is -0.167. The molecule has 0 amide bonds. The van der Waals surface area contributed by atoms with Crippen LogP contribution < -0.4 is 0 Å². The van der Waals surface area contributed by atoms with E-state index in [0.717, 1.165) is 0 Å². The van der Waals surface area contributed by atoms with Gasteiger partial charge in [-0.15, -0.1) is 0 Å². The number of rotatable bonds is 9. The number of aliphatic carboxylic acids is 1. The summed E-state index contributed by atoms with van der Waals surface area (Å²) in [4.78, 5) is 16.9. The van der Waals surface area contributed by atoms with E-state index in [9.17, 15) is 24.5 Å². The molecule has 1 heterocycles. The van der Waals surface area contributed by atoms with Gasteiger partial charge in [-0.2, -0.15) is 0 Å². The molecule has 178 valence electrons. The number of pyridine rings is 1. The molecule has 34 heavy (non-hydrogen) atoms. The van der Waals surface area contributed by atoms with Crippen molar-refractivity contribution in [2.45, 2.75) is 37.9 Å². The standard InChI is InChI=1S/C28H30FNO4/c1-18(2)24(26(31)32)28(34,23-12-8-9-17-30-23)25(21-13-15-22(29)16-14-21)27(4,33)19(3)20-10-6-5-7-11-20/h5-18,24-25,33-34H,3H2,1-2,4H3,(H,31,32). The van der Waals surface area contributed by atoms with Gasteiger partial charge in [-0.05, 0) is 53.8 Å². The van der Waals surface area contributed by atoms with Crippen molar-refractivity contribution in [1.29, 1.82) is 0 Å². The van der Waals surface area contributed by atoms with E-state index in [4.69, 9.17) is 0 Å². The molecular formula is C28H30FNO4. The molecule has 4 atom stereocenters. The Labute approximate surface area is 199 Å². The van der Waals surface area contributed by atoms with Crippen molar-refractivity contribution in [3.8, 4) is 0 Å². The average molecular weight is 464 g/mol. The van der Waals surface area contributed by atoms with Crippen LogP contribution in [-0.2, 0) is 10.4 Å². The summed E-state index contributed by atoms with van der Waals surface area (Å²) < 4.78 is 13.9. The topological polar surface area (TPSA) is 90.7 Å². The second-order valence-corrected chi connectivity index (χ2v) is 9.08. The van der Waals surface area contributed by atoms with E-state index in [1.807, 2.05) is 6.07 Å². The van der Waals surface area contributed by atoms with Crippen LogP contribution in [0.4, 0.5) is 4.39 Å². The molecule has 3 rings (SSSR count). The number of benzene rings is 2. The van der Waals surface area contributed by atoms with Gasteiger partial charge in [-0.1, -0.05) is 69.0 Å². The van der Waals surface area contributed by atoms with E-state index in [-0.39, 0.29) is 11.3 Å². The highest BCUT2D eigenvalue weighted by molar-refractivity contribution is 5.75. The zero-order chi connectivity index (χ0) is 25.1. The number of carbonyl (C=O) groups is 1. The molecule has 0 bridgehead atoms. The Morgan fingerprint density at radius 1 is 0.971 bits per heavy atom. The van der Waals surface area contributed by atoms with Gasteiger partial charge >= 0.3 is 5.97 Å². The number of nitrogens with zero attached hydrogens (tertiary/aromatic N) is 1. The molecule has 0 saturated carbocycles. The summed E-state index contributed by atoms with van der Waals surface area (Å²) in [6, 6.07) is 19.1. The van der Waals surface area contributed by atoms with Crippen molar-refractivity contribution in [2.75, 3.05) is 0 Å². The number of hydrogen-bond acceptors (Lipinski definition) is 4. The Bertz CT molecular complexity index is 1130. The van der Waals surface area contributed by atoms with Gasteiger partial charge in [-0.3, -0.25) is 9.78 Å². The van der Waals surface area contributed by atoms with Crippen LogP contribution in [0, 0.1) is 17.7 Å². The smallest absolute Gasteiger partial charge is 0.310 e. The molecule has 6 heteroatoms. The van der Waals surface area contributed by atoms with Crippen LogP contribution in [0.15, 0.2) is 85.6 Å². The Balaban J connectivity index is 2.37. The van der Waals surface area contributed by atoms with Crippen molar-refractivity contribution >= 4 is 11.5 Å². The van der Waals surface area contributed by atoms with Gasteiger partial charge in [0.2, 0.25) is 0 Å². The van der Waals surface area contributed by atoms with Crippen molar-refractivity contribution in [2.24, 2.45) is 11.8 Å². The average Bonchev–Trinajstić information content (AvgIpc) is 2.80. The van der Waals surface area contributed by atoms with Crippen LogP contribution >= 0.6 is 0 Å². The second kappa shape index (κ2) is 9.87. The fourth-order valence-electron chi connectivity index (χ4n) is 4.84. The molecule has 4 unspecified atom stereocenters. The van der Waals surface area contributed by atoms with E-state index in [0.29, 0.717) is 11.1 Å². The van der Waals surface area contributed by atoms with E-state index in [1.54, 1.807) is 50.2 Å². The van der Waals surface area contributed by atoms with Gasteiger partial charge in [0.05, 0.1) is 23.1 Å². The molecule has 1 aromatic heterocycles. The molecule has 0 spiro atoms. The first kappa shape index (κ1) is 25.3. The zero-order valence-electron chi connectivity index (χ0n) is 19.5. The van der Waals surface area contributed by atoms with Gasteiger partial charge in [0.25, 0.3) is 0 Å². The molecule has 0 radical (unpaired) electrons. The Morgan fingerprint density at radius 2 is 1.56 bits per heavy atom. The van der Waals surface area contributed by atoms with Crippen LogP contribution in [0.3, 0.4) is 0 Å². The molecule has 0 saturated heterocycles. The van der Waals surface area contributed by atoms with Crippen molar-refractivity contribution in [3.05, 3.63) is 108 Å². The minimum atomic E-state index is -2.18. The molecule has 0 aliphatic carbocycles. The maximum atomic E-state index is 13.9. The molecular weight excluding hydrogens is 433 g/mol. The first-order valence-corrected chi connectivity index (χ1v) is 11.1. The SMILES string of the molecule is C=C(c1ccccc1)C(C)(O)C(c1ccc(F)cc1)C(O)(c1ccccn1)C(C(=O)O)C(C)C. The molecule has 3 N–H and O–H groups in total. The van der Waals surface area contributed by atoms with Crippen LogP contribution in [0.25, 0.3) is 5.57 Å². The molecule has 5 nitrogen and oxygen atoms in total. The molecule has 2 aromatic carbocycles. The third-order valence-electron chi connectivity index (χ3n) is 6.42. The highest BCUT2D eigenvalue weighted by Crippen LogP contribution is 2.53. The van der Waals surface area contributed by atoms with Crippen molar-refractivity contribution in [1.82, 2.24) is 4.98 Å². The quantitative estimate of drug-likeness (QED) is 0.415. The predicted molar refractivity (Wildman–Crippen MR) is 129 cm³/mol. The third-order valence-corrected chi connectivity index (χ3v) is 6.42. The molecule has 0 fully saturated rings. The normalized spacial score (nSPS) is 16.8. The Hall–Kier alpha value is -3.35. The van der Waals surface area contributed by atoms with Crippen molar-refractivity contribution < 1.29 is 24.5 Å². The summed E-state index contributed by atoms with van der Waals surface area (Å²) in [5, 5.41) is 34.8. The Kier molecular flexibility index (Phi) is 7.34. The number of halogens is 1. The van der Waals surface area contributed by atoms with Gasteiger partial charge in [0, 0.05) is 6.20 Å². The maximum Gasteiger partial charge on any atom is 0.310 e. The lowest BCUT2D eigenvalue weighted by Crippen LogP contribution is -2.55. The van der Waals surface area contributed by atoms with Crippen LogP contribution in [0.5, 0.6) is 0 Å². The fourth-order valence-corrected chi connectivity index (χ4v) is 4.84. The minimum Gasteiger partial charge on any atom is -0.481 e. The summed E-state index contributed by atoms with van der Waals surface area (Å²) in [5.74, 6) is -4.88. The number of hydrogen-bond donors (Lipinski definition) is 3. The van der Waals surface area contributed by atoms with E-state index in [2.05, 4.69) is 11.6 Å². The largest absolute Gasteiger partial charge is 0.481 e. The first-order chi connectivity index (χ1) is 16.0. The van der Waals surface area contributed by atoms with Gasteiger partial charge in [0.1, 0.15) is 11.4 Å². The highest BCUT2D eigenvalue weighted by atomic mass is 19.1. The molecule has 0 aliphatic heterocycles. The summed E-state index contributed by atoms with van der Waals surface area (Å²) >= 11 is 0. The number of aromatic nitrogens is 1. The predicted octanol–water partition coefficient (Wildman–Crippen LogP) is 5.01. The van der Waals surface area contributed by atoms with E-state index < -0.39 is 40.7 Å². The summed E-state index contributed by atoms with van der Waals surface area (Å²) in [7, 11) is 0. The molecule has 0 aliphatic rings. The lowest BCUT2D eigenvalue weighted by atomic mass is 9.60. The van der Waals surface area contributed by atoms with Gasteiger partial charge in [-0.25, -0.2) is 4.39 Å². The molecule has 3 aromatic rings. The lowest BCUT2D eigenvalue weighted by Gasteiger charge is -2.48. The summed E-state index contributed by atoms with van der Waals surface area (Å²) in [6.45, 7) is 8.98. The second-order valence-electron chi connectivity index (χ2n) is 9.08. The Morgan fingerprint density at radius 3 is 2.06 bits per heavy atom. The van der Waals surface area contributed by atoms with E-state index >= 15 is 0 Å². The summed E-state index contributed by atoms with van der Waals surface area (Å²) in [6.07, 6.45) is 1.46. The van der Waals surface area contributed by atoms with Crippen LogP contribution in [0.2, 0.25) is 0 Å². The number of carboxylic acid groups (broad SMARTS) is 1. The monoisotopic (exact) mass is 463 g/mol. The van der Waals surface area contributed by atoms with Gasteiger partial charge < -0.3 is 15.3 Å². The minimum absolute atomic E-state index is 0.0894. The number of aliphatic hydroxyl groups is 2.